The third-order valence-corrected chi connectivity index (χ3v) is 6.59. The van der Waals surface area contributed by atoms with Crippen molar-refractivity contribution in [3.8, 4) is 0 Å². The number of alkyl halides is 3. The van der Waals surface area contributed by atoms with Crippen LogP contribution >= 0.6 is 0 Å². The van der Waals surface area contributed by atoms with Crippen molar-refractivity contribution in [3.05, 3.63) is 59.3 Å². The second kappa shape index (κ2) is 10.0. The summed E-state index contributed by atoms with van der Waals surface area (Å²) in [6.45, 7) is 1.11. The van der Waals surface area contributed by atoms with E-state index in [0.29, 0.717) is 18.9 Å². The van der Waals surface area contributed by atoms with Crippen molar-refractivity contribution in [1.82, 2.24) is 20.5 Å². The van der Waals surface area contributed by atoms with Crippen molar-refractivity contribution < 1.29 is 22.8 Å². The Bertz CT molecular complexity index is 1030. The van der Waals surface area contributed by atoms with E-state index in [0.717, 1.165) is 43.5 Å². The van der Waals surface area contributed by atoms with Gasteiger partial charge in [-0.25, -0.2) is 4.98 Å². The molecule has 1 saturated heterocycles. The van der Waals surface area contributed by atoms with Crippen molar-refractivity contribution in [2.45, 2.75) is 49.9 Å². The van der Waals surface area contributed by atoms with Gasteiger partial charge in [0.1, 0.15) is 5.82 Å². The van der Waals surface area contributed by atoms with Crippen LogP contribution in [0.1, 0.15) is 53.2 Å². The van der Waals surface area contributed by atoms with Gasteiger partial charge in [-0.2, -0.15) is 13.2 Å². The molecule has 0 unspecified atom stereocenters. The molecule has 182 valence electrons. The first kappa shape index (κ1) is 24.0. The molecule has 10 heteroatoms. The van der Waals surface area contributed by atoms with E-state index in [4.69, 9.17) is 5.73 Å². The first-order valence-corrected chi connectivity index (χ1v) is 11.4. The van der Waals surface area contributed by atoms with E-state index in [2.05, 4.69) is 15.6 Å². The van der Waals surface area contributed by atoms with E-state index in [1.54, 1.807) is 6.07 Å². The normalized spacial score (nSPS) is 20.9. The Kier molecular flexibility index (Phi) is 7.06. The lowest BCUT2D eigenvalue weighted by Crippen LogP contribution is -2.63. The van der Waals surface area contributed by atoms with Crippen LogP contribution in [0.4, 0.5) is 19.0 Å². The van der Waals surface area contributed by atoms with Crippen LogP contribution in [-0.4, -0.2) is 53.4 Å². The van der Waals surface area contributed by atoms with Crippen LogP contribution in [0, 0.1) is 0 Å². The molecule has 1 aliphatic carbocycles. The summed E-state index contributed by atoms with van der Waals surface area (Å²) >= 11 is 0. The van der Waals surface area contributed by atoms with E-state index in [-0.39, 0.29) is 36.0 Å². The predicted octanol–water partition coefficient (Wildman–Crippen LogP) is 2.94. The summed E-state index contributed by atoms with van der Waals surface area (Å²) in [7, 11) is 0. The van der Waals surface area contributed by atoms with Crippen molar-refractivity contribution in [2.24, 2.45) is 0 Å². The number of nitrogens with two attached hydrogens (primary N) is 1. The van der Waals surface area contributed by atoms with Crippen LogP contribution in [0.25, 0.3) is 0 Å². The number of rotatable bonds is 6. The van der Waals surface area contributed by atoms with E-state index >= 15 is 0 Å². The monoisotopic (exact) mass is 475 g/mol. The molecular formula is C24H28F3N5O2. The molecule has 4 rings (SSSR count). The average molecular weight is 476 g/mol. The average Bonchev–Trinajstić information content (AvgIpc) is 2.79. The number of carbonyl (C=O) groups excluding carboxylic acids is 2. The Labute approximate surface area is 195 Å². The predicted molar refractivity (Wildman–Crippen MR) is 121 cm³/mol. The molecule has 0 bridgehead atoms. The van der Waals surface area contributed by atoms with Gasteiger partial charge in [-0.3, -0.25) is 9.59 Å². The van der Waals surface area contributed by atoms with E-state index in [1.165, 1.54) is 12.1 Å². The van der Waals surface area contributed by atoms with Gasteiger partial charge in [0.25, 0.3) is 5.91 Å². The summed E-state index contributed by atoms with van der Waals surface area (Å²) in [5, 5.41) is 5.67. The fourth-order valence-electron chi connectivity index (χ4n) is 4.71. The number of hydrogen-bond donors (Lipinski definition) is 3. The molecule has 2 heterocycles. The Morgan fingerprint density at radius 3 is 2.38 bits per heavy atom. The van der Waals surface area contributed by atoms with Crippen molar-refractivity contribution in [1.29, 1.82) is 0 Å². The Balaban J connectivity index is 1.37. The van der Waals surface area contributed by atoms with Gasteiger partial charge < -0.3 is 21.3 Å². The summed E-state index contributed by atoms with van der Waals surface area (Å²) in [6.07, 6.45) is -1.17. The highest BCUT2D eigenvalue weighted by Crippen LogP contribution is 2.35. The summed E-state index contributed by atoms with van der Waals surface area (Å²) in [6, 6.07) is 9.89. The Morgan fingerprint density at radius 2 is 1.76 bits per heavy atom. The minimum absolute atomic E-state index is 0.0439. The third kappa shape index (κ3) is 5.49. The molecule has 2 amide bonds. The molecule has 2 fully saturated rings. The number of aromatic nitrogens is 1. The van der Waals surface area contributed by atoms with Gasteiger partial charge in [0.05, 0.1) is 18.2 Å². The number of benzene rings is 1. The summed E-state index contributed by atoms with van der Waals surface area (Å²) in [4.78, 5) is 31.8. The molecular weight excluding hydrogens is 447 g/mol. The third-order valence-electron chi connectivity index (χ3n) is 6.59. The fraction of sp³-hybridized carbons (Fsp3) is 0.458. The number of nitrogens with zero attached hydrogens (tertiary/aromatic N) is 2. The highest BCUT2D eigenvalue weighted by Gasteiger charge is 2.37. The molecule has 34 heavy (non-hydrogen) atoms. The molecule has 1 aliphatic heterocycles. The van der Waals surface area contributed by atoms with E-state index in [1.807, 2.05) is 17.0 Å². The number of nitrogen functional groups attached to an aromatic ring is 1. The maximum Gasteiger partial charge on any atom is 0.416 e. The van der Waals surface area contributed by atoms with Gasteiger partial charge in [0.15, 0.2) is 0 Å². The smallest absolute Gasteiger partial charge is 0.384 e. The van der Waals surface area contributed by atoms with Crippen LogP contribution in [0.2, 0.25) is 0 Å². The fourth-order valence-corrected chi connectivity index (χ4v) is 4.71. The summed E-state index contributed by atoms with van der Waals surface area (Å²) in [5.74, 6) is -0.148. The summed E-state index contributed by atoms with van der Waals surface area (Å²) in [5.41, 5.74) is 5.75. The van der Waals surface area contributed by atoms with Crippen LogP contribution in [-0.2, 0) is 11.0 Å². The maximum absolute atomic E-state index is 13.1. The maximum atomic E-state index is 13.1. The van der Waals surface area contributed by atoms with Gasteiger partial charge in [0.2, 0.25) is 5.91 Å². The topological polar surface area (TPSA) is 100 Å². The standard InChI is InChI=1S/C24H28F3N5O2/c25-24(26,27)17-4-1-3-16(11-17)23(34)30-14-22(33)32(19-12-29-13-19)18-9-7-15(8-10-18)20-5-2-6-21(28)31-20/h1-6,11,15,18-19,29H,7-10,12-14H2,(H2,28,31)(H,30,34). The van der Waals surface area contributed by atoms with E-state index in [9.17, 15) is 22.8 Å². The lowest BCUT2D eigenvalue weighted by atomic mass is 9.82. The van der Waals surface area contributed by atoms with Crippen LogP contribution in [0.15, 0.2) is 42.5 Å². The zero-order chi connectivity index (χ0) is 24.3. The van der Waals surface area contributed by atoms with Crippen molar-refractivity contribution >= 4 is 17.6 Å². The van der Waals surface area contributed by atoms with Gasteiger partial charge in [-0.15, -0.1) is 0 Å². The van der Waals surface area contributed by atoms with E-state index < -0.39 is 17.6 Å². The number of nitrogens with one attached hydrogen (secondary N) is 2. The first-order valence-electron chi connectivity index (χ1n) is 11.4. The molecule has 0 radical (unpaired) electrons. The van der Waals surface area contributed by atoms with Gasteiger partial charge in [-0.05, 0) is 56.0 Å². The number of anilines is 1. The zero-order valence-corrected chi connectivity index (χ0v) is 18.6. The largest absolute Gasteiger partial charge is 0.416 e. The molecule has 4 N–H and O–H groups in total. The van der Waals surface area contributed by atoms with Crippen LogP contribution in [0.5, 0.6) is 0 Å². The molecule has 2 aromatic rings. The number of halogens is 3. The Hall–Kier alpha value is -3.14. The van der Waals surface area contributed by atoms with Crippen molar-refractivity contribution in [3.63, 3.8) is 0 Å². The molecule has 1 aromatic heterocycles. The Morgan fingerprint density at radius 1 is 1.06 bits per heavy atom. The zero-order valence-electron chi connectivity index (χ0n) is 18.6. The molecule has 1 saturated carbocycles. The molecule has 2 aliphatic rings. The van der Waals surface area contributed by atoms with Gasteiger partial charge >= 0.3 is 6.18 Å². The molecule has 0 spiro atoms. The lowest BCUT2D eigenvalue weighted by molar-refractivity contribution is -0.138. The highest BCUT2D eigenvalue weighted by molar-refractivity contribution is 5.96. The first-order chi connectivity index (χ1) is 16.2. The van der Waals surface area contributed by atoms with Crippen LogP contribution < -0.4 is 16.4 Å². The number of pyridine rings is 1. The number of carbonyl (C=O) groups is 2. The second-order valence-electron chi connectivity index (χ2n) is 8.87. The minimum Gasteiger partial charge on any atom is -0.384 e. The molecule has 7 nitrogen and oxygen atoms in total. The highest BCUT2D eigenvalue weighted by atomic mass is 19.4. The number of amides is 2. The molecule has 1 aromatic carbocycles. The van der Waals surface area contributed by atoms with Gasteiger partial charge in [-0.1, -0.05) is 12.1 Å². The number of hydrogen-bond acceptors (Lipinski definition) is 5. The SMILES string of the molecule is Nc1cccc(C2CCC(N(C(=O)CNC(=O)c3cccc(C(F)(F)F)c3)C3CNC3)CC2)n1. The second-order valence-corrected chi connectivity index (χ2v) is 8.87. The van der Waals surface area contributed by atoms with Crippen LogP contribution in [0.3, 0.4) is 0 Å². The summed E-state index contributed by atoms with van der Waals surface area (Å²) < 4.78 is 38.8. The molecule has 0 atom stereocenters. The quantitative estimate of drug-likeness (QED) is 0.597. The van der Waals surface area contributed by atoms with Gasteiger partial charge in [0, 0.05) is 36.3 Å². The minimum atomic E-state index is -4.54. The van der Waals surface area contributed by atoms with Crippen molar-refractivity contribution in [2.75, 3.05) is 25.4 Å². The lowest BCUT2D eigenvalue weighted by Gasteiger charge is -2.45.